The van der Waals surface area contributed by atoms with Crippen LogP contribution in [0.2, 0.25) is 0 Å². The third kappa shape index (κ3) is 5.58. The van der Waals surface area contributed by atoms with Gasteiger partial charge in [0, 0.05) is 5.69 Å². The van der Waals surface area contributed by atoms with E-state index in [1.54, 1.807) is 0 Å². The SMILES string of the molecule is CC(C)(C)OC(=O)CCN=C(N)Nc1cccc2c1CCCC2. The Morgan fingerprint density at radius 3 is 2.78 bits per heavy atom. The van der Waals surface area contributed by atoms with E-state index >= 15 is 0 Å². The third-order valence-corrected chi connectivity index (χ3v) is 3.68. The molecule has 0 amide bonds. The van der Waals surface area contributed by atoms with Crippen LogP contribution in [0.3, 0.4) is 0 Å². The Kier molecular flexibility index (Phi) is 5.64. The van der Waals surface area contributed by atoms with Crippen molar-refractivity contribution in [2.45, 2.75) is 58.5 Å². The molecule has 0 saturated carbocycles. The Labute approximate surface area is 138 Å². The smallest absolute Gasteiger partial charge is 0.308 e. The van der Waals surface area contributed by atoms with Crippen LogP contribution in [-0.2, 0) is 22.4 Å². The van der Waals surface area contributed by atoms with Crippen molar-refractivity contribution in [1.29, 1.82) is 0 Å². The number of nitrogens with two attached hydrogens (primary N) is 1. The van der Waals surface area contributed by atoms with Gasteiger partial charge in [-0.2, -0.15) is 0 Å². The van der Waals surface area contributed by atoms with E-state index in [0.717, 1.165) is 18.5 Å². The minimum Gasteiger partial charge on any atom is -0.460 e. The van der Waals surface area contributed by atoms with Gasteiger partial charge in [-0.25, -0.2) is 0 Å². The molecule has 5 nitrogen and oxygen atoms in total. The number of carbonyl (C=O) groups is 1. The topological polar surface area (TPSA) is 76.7 Å². The van der Waals surface area contributed by atoms with E-state index < -0.39 is 5.60 Å². The summed E-state index contributed by atoms with van der Waals surface area (Å²) in [7, 11) is 0. The van der Waals surface area contributed by atoms with Crippen LogP contribution in [0.15, 0.2) is 23.2 Å². The van der Waals surface area contributed by atoms with Crippen molar-refractivity contribution in [3.8, 4) is 0 Å². The van der Waals surface area contributed by atoms with Crippen LogP contribution >= 0.6 is 0 Å². The molecular weight excluding hydrogens is 290 g/mol. The van der Waals surface area contributed by atoms with E-state index in [2.05, 4.69) is 16.4 Å². The first kappa shape index (κ1) is 17.3. The fourth-order valence-electron chi connectivity index (χ4n) is 2.74. The summed E-state index contributed by atoms with van der Waals surface area (Å²) in [6.45, 7) is 5.87. The van der Waals surface area contributed by atoms with E-state index in [0.29, 0.717) is 12.5 Å². The molecule has 0 unspecified atom stereocenters. The van der Waals surface area contributed by atoms with E-state index in [1.165, 1.54) is 24.0 Å². The summed E-state index contributed by atoms with van der Waals surface area (Å²) in [5, 5.41) is 3.17. The minimum absolute atomic E-state index is 0.229. The number of hydrogen-bond acceptors (Lipinski definition) is 3. The van der Waals surface area contributed by atoms with Gasteiger partial charge >= 0.3 is 5.97 Å². The quantitative estimate of drug-likeness (QED) is 0.508. The number of esters is 1. The van der Waals surface area contributed by atoms with Crippen LogP contribution in [0.4, 0.5) is 5.69 Å². The first-order valence-corrected chi connectivity index (χ1v) is 8.25. The van der Waals surface area contributed by atoms with Crippen molar-refractivity contribution >= 4 is 17.6 Å². The molecule has 0 saturated heterocycles. The fourth-order valence-corrected chi connectivity index (χ4v) is 2.74. The van der Waals surface area contributed by atoms with E-state index in [1.807, 2.05) is 32.9 Å². The number of ether oxygens (including phenoxy) is 1. The molecule has 0 radical (unpaired) electrons. The van der Waals surface area contributed by atoms with E-state index in [9.17, 15) is 4.79 Å². The summed E-state index contributed by atoms with van der Waals surface area (Å²) >= 11 is 0. The largest absolute Gasteiger partial charge is 0.460 e. The van der Waals surface area contributed by atoms with Crippen LogP contribution in [0.1, 0.15) is 51.2 Å². The number of aliphatic imine (C=N–C) groups is 1. The molecule has 0 atom stereocenters. The van der Waals surface area contributed by atoms with Gasteiger partial charge in [-0.1, -0.05) is 12.1 Å². The number of fused-ring (bicyclic) bond motifs is 1. The van der Waals surface area contributed by atoms with Crippen molar-refractivity contribution in [3.63, 3.8) is 0 Å². The van der Waals surface area contributed by atoms with Gasteiger partial charge in [0.05, 0.1) is 13.0 Å². The predicted octanol–water partition coefficient (Wildman–Crippen LogP) is 3.02. The van der Waals surface area contributed by atoms with Crippen molar-refractivity contribution < 1.29 is 9.53 Å². The molecule has 126 valence electrons. The number of nitrogens with zero attached hydrogens (tertiary/aromatic N) is 1. The molecular formula is C18H27N3O2. The maximum absolute atomic E-state index is 11.6. The highest BCUT2D eigenvalue weighted by Crippen LogP contribution is 2.27. The predicted molar refractivity (Wildman–Crippen MR) is 93.7 cm³/mol. The van der Waals surface area contributed by atoms with Crippen LogP contribution in [-0.4, -0.2) is 24.1 Å². The molecule has 1 aliphatic carbocycles. The zero-order valence-corrected chi connectivity index (χ0v) is 14.3. The minimum atomic E-state index is -0.465. The molecule has 5 heteroatoms. The lowest BCUT2D eigenvalue weighted by Crippen LogP contribution is -2.26. The molecule has 0 heterocycles. The molecule has 1 aliphatic rings. The molecule has 1 aromatic rings. The molecule has 23 heavy (non-hydrogen) atoms. The molecule has 0 bridgehead atoms. The van der Waals surface area contributed by atoms with E-state index in [4.69, 9.17) is 10.5 Å². The number of anilines is 1. The number of rotatable bonds is 4. The van der Waals surface area contributed by atoms with Gasteiger partial charge in [0.2, 0.25) is 0 Å². The van der Waals surface area contributed by atoms with Gasteiger partial charge < -0.3 is 15.8 Å². The van der Waals surface area contributed by atoms with Gasteiger partial charge in [-0.3, -0.25) is 9.79 Å². The Balaban J connectivity index is 1.89. The van der Waals surface area contributed by atoms with Gasteiger partial charge in [0.15, 0.2) is 5.96 Å². The summed E-state index contributed by atoms with van der Waals surface area (Å²) in [4.78, 5) is 15.9. The lowest BCUT2D eigenvalue weighted by molar-refractivity contribution is -0.154. The Bertz CT molecular complexity index is 588. The molecule has 0 spiro atoms. The fraction of sp³-hybridized carbons (Fsp3) is 0.556. The third-order valence-electron chi connectivity index (χ3n) is 3.68. The van der Waals surface area contributed by atoms with Crippen LogP contribution in [0, 0.1) is 0 Å². The van der Waals surface area contributed by atoms with Crippen molar-refractivity contribution in [2.24, 2.45) is 10.7 Å². The number of carbonyl (C=O) groups excluding carboxylic acids is 1. The van der Waals surface area contributed by atoms with Crippen LogP contribution < -0.4 is 11.1 Å². The average molecular weight is 317 g/mol. The highest BCUT2D eigenvalue weighted by molar-refractivity contribution is 5.93. The summed E-state index contributed by atoms with van der Waals surface area (Å²) < 4.78 is 5.24. The van der Waals surface area contributed by atoms with Gasteiger partial charge in [-0.05, 0) is 63.6 Å². The molecule has 2 rings (SSSR count). The average Bonchev–Trinajstić information content (AvgIpc) is 2.45. The molecule has 1 aromatic carbocycles. The normalized spacial score (nSPS) is 15.0. The summed E-state index contributed by atoms with van der Waals surface area (Å²) in [5.41, 5.74) is 9.23. The lowest BCUT2D eigenvalue weighted by atomic mass is 9.90. The maximum atomic E-state index is 11.6. The van der Waals surface area contributed by atoms with Crippen molar-refractivity contribution in [3.05, 3.63) is 29.3 Å². The van der Waals surface area contributed by atoms with E-state index in [-0.39, 0.29) is 12.4 Å². The highest BCUT2D eigenvalue weighted by Gasteiger charge is 2.16. The lowest BCUT2D eigenvalue weighted by Gasteiger charge is -2.20. The molecule has 0 aromatic heterocycles. The summed E-state index contributed by atoms with van der Waals surface area (Å²) in [6, 6.07) is 6.25. The maximum Gasteiger partial charge on any atom is 0.308 e. The van der Waals surface area contributed by atoms with Crippen LogP contribution in [0.25, 0.3) is 0 Å². The monoisotopic (exact) mass is 317 g/mol. The van der Waals surface area contributed by atoms with Gasteiger partial charge in [0.1, 0.15) is 5.60 Å². The standard InChI is InChI=1S/C18H27N3O2/c1-18(2,3)23-16(22)11-12-20-17(19)21-15-10-6-8-13-7-4-5-9-14(13)15/h6,8,10H,4-5,7,9,11-12H2,1-3H3,(H3,19,20,21). The van der Waals surface area contributed by atoms with Crippen LogP contribution in [0.5, 0.6) is 0 Å². The second-order valence-electron chi connectivity index (χ2n) is 6.88. The van der Waals surface area contributed by atoms with Crippen molar-refractivity contribution in [2.75, 3.05) is 11.9 Å². The van der Waals surface area contributed by atoms with Crippen molar-refractivity contribution in [1.82, 2.24) is 0 Å². The summed E-state index contributed by atoms with van der Waals surface area (Å²) in [6.07, 6.45) is 4.88. The second-order valence-corrected chi connectivity index (χ2v) is 6.88. The Morgan fingerprint density at radius 1 is 1.30 bits per heavy atom. The zero-order valence-electron chi connectivity index (χ0n) is 14.3. The first-order chi connectivity index (χ1) is 10.8. The highest BCUT2D eigenvalue weighted by atomic mass is 16.6. The molecule has 3 N–H and O–H groups in total. The zero-order chi connectivity index (χ0) is 16.9. The Hall–Kier alpha value is -2.04. The molecule has 0 fully saturated rings. The van der Waals surface area contributed by atoms with Gasteiger partial charge in [-0.15, -0.1) is 0 Å². The second kappa shape index (κ2) is 7.49. The Morgan fingerprint density at radius 2 is 2.04 bits per heavy atom. The first-order valence-electron chi connectivity index (χ1n) is 8.25. The number of guanidine groups is 1. The number of nitrogens with one attached hydrogen (secondary N) is 1. The number of benzene rings is 1. The number of aryl methyl sites for hydroxylation is 1. The molecule has 0 aliphatic heterocycles. The summed E-state index contributed by atoms with van der Waals surface area (Å²) in [5.74, 6) is 0.0821. The van der Waals surface area contributed by atoms with Gasteiger partial charge in [0.25, 0.3) is 0 Å². The number of hydrogen-bond donors (Lipinski definition) is 2.